The van der Waals surface area contributed by atoms with Gasteiger partial charge in [0.2, 0.25) is 0 Å². The van der Waals surface area contributed by atoms with Crippen molar-refractivity contribution in [2.45, 2.75) is 116 Å². The molecule has 0 saturated carbocycles. The van der Waals surface area contributed by atoms with Crippen LogP contribution in [0.15, 0.2) is 24.3 Å². The first-order valence-electron chi connectivity index (χ1n) is 12.2. The number of aliphatic carboxylic acids is 1. The van der Waals surface area contributed by atoms with Gasteiger partial charge in [0.25, 0.3) is 0 Å². The van der Waals surface area contributed by atoms with Crippen molar-refractivity contribution in [1.29, 1.82) is 0 Å². The van der Waals surface area contributed by atoms with Crippen molar-refractivity contribution in [3.8, 4) is 5.75 Å². The molecule has 0 radical (unpaired) electrons. The van der Waals surface area contributed by atoms with E-state index in [4.69, 9.17) is 9.84 Å². The fraction of sp³-hybridized carbons (Fsp3) is 0.731. The monoisotopic (exact) mass is 404 g/mol. The lowest BCUT2D eigenvalue weighted by Crippen LogP contribution is -2.00. The van der Waals surface area contributed by atoms with Crippen LogP contribution >= 0.6 is 0 Å². The third-order valence-corrected chi connectivity index (χ3v) is 5.56. The molecule has 3 heteroatoms. The largest absolute Gasteiger partial charge is 0.493 e. The Balaban J connectivity index is 2.00. The van der Waals surface area contributed by atoms with Gasteiger partial charge in [-0.3, -0.25) is 4.79 Å². The number of hydrogen-bond acceptors (Lipinski definition) is 2. The van der Waals surface area contributed by atoms with E-state index in [1.807, 2.05) is 0 Å². The van der Waals surface area contributed by atoms with Crippen LogP contribution in [0.4, 0.5) is 0 Å². The quantitative estimate of drug-likeness (QED) is 0.224. The second-order valence-corrected chi connectivity index (χ2v) is 8.30. The Kier molecular flexibility index (Phi) is 16.3. The van der Waals surface area contributed by atoms with Crippen LogP contribution in [0.2, 0.25) is 0 Å². The Labute approximate surface area is 179 Å². The van der Waals surface area contributed by atoms with Gasteiger partial charge in [-0.2, -0.15) is 0 Å². The Hall–Kier alpha value is -1.51. The zero-order chi connectivity index (χ0) is 21.0. The summed E-state index contributed by atoms with van der Waals surface area (Å²) in [5.41, 5.74) is 1.37. The average Bonchev–Trinajstić information content (AvgIpc) is 2.72. The van der Waals surface area contributed by atoms with E-state index in [1.165, 1.54) is 82.6 Å². The van der Waals surface area contributed by atoms with E-state index in [9.17, 15) is 4.79 Å². The van der Waals surface area contributed by atoms with Gasteiger partial charge >= 0.3 is 5.97 Å². The minimum atomic E-state index is -0.669. The molecule has 0 bridgehead atoms. The first-order chi connectivity index (χ1) is 14.2. The zero-order valence-electron chi connectivity index (χ0n) is 18.8. The summed E-state index contributed by atoms with van der Waals surface area (Å²) in [7, 11) is 0. The van der Waals surface area contributed by atoms with Crippen LogP contribution in [-0.2, 0) is 11.2 Å². The summed E-state index contributed by atoms with van der Waals surface area (Å²) < 4.78 is 6.08. The Bertz CT molecular complexity index is 512. The fourth-order valence-electron chi connectivity index (χ4n) is 3.74. The molecule has 0 aliphatic rings. The molecule has 1 aromatic carbocycles. The molecule has 0 aliphatic heterocycles. The average molecular weight is 405 g/mol. The van der Waals surface area contributed by atoms with Crippen molar-refractivity contribution in [3.63, 3.8) is 0 Å². The molecule has 0 heterocycles. The molecular formula is C26H44O3. The summed E-state index contributed by atoms with van der Waals surface area (Å²) in [6.07, 6.45) is 19.9. The fourth-order valence-corrected chi connectivity index (χ4v) is 3.74. The maximum absolute atomic E-state index is 10.4. The molecule has 1 N–H and O–H groups in total. The van der Waals surface area contributed by atoms with E-state index >= 15 is 0 Å². The predicted molar refractivity (Wildman–Crippen MR) is 123 cm³/mol. The number of ether oxygens (including phenoxy) is 1. The number of para-hydroxylation sites is 1. The van der Waals surface area contributed by atoms with E-state index < -0.39 is 5.97 Å². The van der Waals surface area contributed by atoms with Crippen LogP contribution in [0.1, 0.15) is 115 Å². The van der Waals surface area contributed by atoms with E-state index in [0.29, 0.717) is 6.42 Å². The minimum absolute atomic E-state index is 0.322. The topological polar surface area (TPSA) is 46.5 Å². The van der Waals surface area contributed by atoms with Crippen molar-refractivity contribution in [2.24, 2.45) is 0 Å². The van der Waals surface area contributed by atoms with Gasteiger partial charge in [-0.15, -0.1) is 0 Å². The van der Waals surface area contributed by atoms with Crippen LogP contribution < -0.4 is 4.74 Å². The van der Waals surface area contributed by atoms with Gasteiger partial charge in [0.05, 0.1) is 6.61 Å². The molecule has 0 aromatic heterocycles. The molecule has 0 aliphatic carbocycles. The summed E-state index contributed by atoms with van der Waals surface area (Å²) in [5, 5.41) is 8.61. The van der Waals surface area contributed by atoms with Crippen LogP contribution in [0.25, 0.3) is 0 Å². The normalized spacial score (nSPS) is 10.9. The molecule has 3 nitrogen and oxygen atoms in total. The van der Waals surface area contributed by atoms with E-state index in [1.54, 1.807) is 0 Å². The van der Waals surface area contributed by atoms with E-state index in [0.717, 1.165) is 38.0 Å². The molecule has 0 saturated heterocycles. The highest BCUT2D eigenvalue weighted by Gasteiger charge is 2.03. The lowest BCUT2D eigenvalue weighted by Gasteiger charge is -2.11. The van der Waals surface area contributed by atoms with Crippen LogP contribution in [0, 0.1) is 0 Å². The standard InChI is InChI=1S/C26H44O3/c1-2-3-4-5-11-14-19-24-20-16-17-21-25(24)29-23-18-13-10-8-6-7-9-12-15-22-26(27)28/h16-17,20-21H,2-15,18-19,22-23H2,1H3,(H,27,28). The highest BCUT2D eigenvalue weighted by Crippen LogP contribution is 2.21. The third-order valence-electron chi connectivity index (χ3n) is 5.56. The van der Waals surface area contributed by atoms with Crippen molar-refractivity contribution in [1.82, 2.24) is 0 Å². The van der Waals surface area contributed by atoms with E-state index in [-0.39, 0.29) is 0 Å². The van der Waals surface area contributed by atoms with Gasteiger partial charge in [0.1, 0.15) is 5.75 Å². The van der Waals surface area contributed by atoms with Gasteiger partial charge in [0, 0.05) is 6.42 Å². The molecule has 166 valence electrons. The molecule has 1 rings (SSSR count). The molecule has 0 spiro atoms. The molecule has 0 atom stereocenters. The second-order valence-electron chi connectivity index (χ2n) is 8.30. The molecule has 0 amide bonds. The Morgan fingerprint density at radius 3 is 1.97 bits per heavy atom. The van der Waals surface area contributed by atoms with Gasteiger partial charge in [0.15, 0.2) is 0 Å². The molecular weight excluding hydrogens is 360 g/mol. The summed E-state index contributed by atoms with van der Waals surface area (Å²) in [6, 6.07) is 8.55. The number of carboxylic acid groups (broad SMARTS) is 1. The van der Waals surface area contributed by atoms with E-state index in [2.05, 4.69) is 31.2 Å². The molecule has 29 heavy (non-hydrogen) atoms. The summed E-state index contributed by atoms with van der Waals surface area (Å²) in [6.45, 7) is 3.09. The lowest BCUT2D eigenvalue weighted by molar-refractivity contribution is -0.137. The van der Waals surface area contributed by atoms with Gasteiger partial charge < -0.3 is 9.84 Å². The maximum atomic E-state index is 10.4. The highest BCUT2D eigenvalue weighted by atomic mass is 16.5. The van der Waals surface area contributed by atoms with Crippen molar-refractivity contribution in [2.75, 3.05) is 6.61 Å². The highest BCUT2D eigenvalue weighted by molar-refractivity contribution is 5.66. The number of carboxylic acids is 1. The number of hydrogen-bond donors (Lipinski definition) is 1. The molecule has 0 fully saturated rings. The summed E-state index contributed by atoms with van der Waals surface area (Å²) >= 11 is 0. The predicted octanol–water partition coefficient (Wildman–Crippen LogP) is 7.95. The SMILES string of the molecule is CCCCCCCCc1ccccc1OCCCCCCCCCCCC(=O)O. The lowest BCUT2D eigenvalue weighted by atomic mass is 10.0. The molecule has 1 aromatic rings. The second kappa shape index (κ2) is 18.5. The Morgan fingerprint density at radius 1 is 0.759 bits per heavy atom. The summed E-state index contributed by atoms with van der Waals surface area (Å²) in [4.78, 5) is 10.4. The Morgan fingerprint density at radius 2 is 1.31 bits per heavy atom. The number of carbonyl (C=O) groups is 1. The van der Waals surface area contributed by atoms with Gasteiger partial charge in [-0.1, -0.05) is 102 Å². The number of rotatable bonds is 20. The van der Waals surface area contributed by atoms with Crippen molar-refractivity contribution < 1.29 is 14.6 Å². The van der Waals surface area contributed by atoms with Gasteiger partial charge in [-0.25, -0.2) is 0 Å². The van der Waals surface area contributed by atoms with Crippen molar-refractivity contribution in [3.05, 3.63) is 29.8 Å². The zero-order valence-corrected chi connectivity index (χ0v) is 18.8. The first-order valence-corrected chi connectivity index (χ1v) is 12.2. The van der Waals surface area contributed by atoms with Gasteiger partial charge in [-0.05, 0) is 37.3 Å². The molecule has 0 unspecified atom stereocenters. The van der Waals surface area contributed by atoms with Crippen LogP contribution in [0.5, 0.6) is 5.75 Å². The van der Waals surface area contributed by atoms with Crippen molar-refractivity contribution >= 4 is 5.97 Å². The third kappa shape index (κ3) is 15.1. The number of benzene rings is 1. The summed E-state index contributed by atoms with van der Waals surface area (Å²) in [5.74, 6) is 0.416. The minimum Gasteiger partial charge on any atom is -0.493 e. The smallest absolute Gasteiger partial charge is 0.303 e. The van der Waals surface area contributed by atoms with Crippen LogP contribution in [-0.4, -0.2) is 17.7 Å². The maximum Gasteiger partial charge on any atom is 0.303 e. The number of aryl methyl sites for hydroxylation is 1. The number of unbranched alkanes of at least 4 members (excludes halogenated alkanes) is 13. The first kappa shape index (κ1) is 25.5. The van der Waals surface area contributed by atoms with Crippen LogP contribution in [0.3, 0.4) is 0 Å².